The number of hydrogen-bond acceptors (Lipinski definition) is 4. The number of fused-ring (bicyclic) bond motifs is 1. The summed E-state index contributed by atoms with van der Waals surface area (Å²) in [6.07, 6.45) is 3.56. The lowest BCUT2D eigenvalue weighted by Gasteiger charge is -2.02. The van der Waals surface area contributed by atoms with Crippen molar-refractivity contribution >= 4 is 34.1 Å². The van der Waals surface area contributed by atoms with Crippen molar-refractivity contribution in [3.63, 3.8) is 0 Å². The first-order valence-corrected chi connectivity index (χ1v) is 10.5. The van der Waals surface area contributed by atoms with Gasteiger partial charge in [-0.1, -0.05) is 36.4 Å². The molecule has 5 aromatic rings. The lowest BCUT2D eigenvalue weighted by molar-refractivity contribution is 0.575. The SMILES string of the molecule is Cc1ccccc1N=c1scc(-c2ccco2)n1N=Cc1c(C)[nH]c2ccccc12. The summed E-state index contributed by atoms with van der Waals surface area (Å²) in [7, 11) is 0. The van der Waals surface area contributed by atoms with Gasteiger partial charge in [-0.05, 0) is 43.7 Å². The molecule has 0 saturated heterocycles. The third-order valence-corrected chi connectivity index (χ3v) is 5.85. The molecule has 148 valence electrons. The summed E-state index contributed by atoms with van der Waals surface area (Å²) in [6.45, 7) is 4.12. The second-order valence-electron chi connectivity index (χ2n) is 7.04. The number of aryl methyl sites for hydroxylation is 2. The van der Waals surface area contributed by atoms with Gasteiger partial charge in [0.25, 0.3) is 0 Å². The Morgan fingerprint density at radius 3 is 2.67 bits per heavy atom. The van der Waals surface area contributed by atoms with Gasteiger partial charge in [0.15, 0.2) is 5.76 Å². The first-order chi connectivity index (χ1) is 14.7. The van der Waals surface area contributed by atoms with Gasteiger partial charge in [-0.2, -0.15) is 5.10 Å². The molecular formula is C24H20N4OS. The predicted molar refractivity (Wildman–Crippen MR) is 122 cm³/mol. The Morgan fingerprint density at radius 1 is 1.00 bits per heavy atom. The van der Waals surface area contributed by atoms with Crippen molar-refractivity contribution in [2.75, 3.05) is 0 Å². The third-order valence-electron chi connectivity index (χ3n) is 5.04. The van der Waals surface area contributed by atoms with Gasteiger partial charge in [-0.25, -0.2) is 9.67 Å². The maximum atomic E-state index is 5.64. The van der Waals surface area contributed by atoms with Gasteiger partial charge in [0, 0.05) is 27.5 Å². The molecule has 0 spiro atoms. The van der Waals surface area contributed by atoms with Crippen LogP contribution in [0.5, 0.6) is 0 Å². The molecule has 0 aliphatic rings. The fourth-order valence-corrected chi connectivity index (χ4v) is 4.28. The van der Waals surface area contributed by atoms with Crippen molar-refractivity contribution in [2.24, 2.45) is 10.1 Å². The molecular weight excluding hydrogens is 392 g/mol. The van der Waals surface area contributed by atoms with E-state index in [-0.39, 0.29) is 0 Å². The van der Waals surface area contributed by atoms with E-state index >= 15 is 0 Å². The second-order valence-corrected chi connectivity index (χ2v) is 7.88. The summed E-state index contributed by atoms with van der Waals surface area (Å²) >= 11 is 1.54. The lowest BCUT2D eigenvalue weighted by Crippen LogP contribution is -2.11. The average Bonchev–Trinajstić information content (AvgIpc) is 3.47. The van der Waals surface area contributed by atoms with Gasteiger partial charge in [-0.3, -0.25) is 0 Å². The zero-order valence-corrected chi connectivity index (χ0v) is 17.5. The summed E-state index contributed by atoms with van der Waals surface area (Å²) in [5.41, 5.74) is 6.16. The van der Waals surface area contributed by atoms with E-state index in [4.69, 9.17) is 14.5 Å². The van der Waals surface area contributed by atoms with Crippen molar-refractivity contribution in [2.45, 2.75) is 13.8 Å². The van der Waals surface area contributed by atoms with E-state index in [1.54, 1.807) is 6.26 Å². The van der Waals surface area contributed by atoms with Crippen LogP contribution in [0.15, 0.2) is 86.8 Å². The zero-order valence-electron chi connectivity index (χ0n) is 16.7. The molecule has 0 amide bonds. The molecule has 0 aliphatic heterocycles. The van der Waals surface area contributed by atoms with Crippen LogP contribution in [0, 0.1) is 13.8 Å². The Hall–Kier alpha value is -3.64. The van der Waals surface area contributed by atoms with E-state index in [0.29, 0.717) is 0 Å². The Labute approximate surface area is 177 Å². The molecule has 0 fully saturated rings. The maximum Gasteiger partial charge on any atom is 0.211 e. The molecule has 6 heteroatoms. The van der Waals surface area contributed by atoms with E-state index in [2.05, 4.69) is 37.0 Å². The maximum absolute atomic E-state index is 5.64. The highest BCUT2D eigenvalue weighted by Gasteiger charge is 2.11. The van der Waals surface area contributed by atoms with Gasteiger partial charge >= 0.3 is 0 Å². The standard InChI is InChI=1S/C24H20N4OS/c1-16-8-3-5-10-20(16)27-24-28(22(15-30-24)23-12-7-13-29-23)25-14-19-17(2)26-21-11-6-4-9-18(19)21/h3-15,26H,1-2H3. The molecule has 5 rings (SSSR count). The quantitative estimate of drug-likeness (QED) is 0.360. The number of furan rings is 1. The normalized spacial score (nSPS) is 12.4. The number of nitrogens with one attached hydrogen (secondary N) is 1. The molecule has 0 unspecified atom stereocenters. The van der Waals surface area contributed by atoms with E-state index in [1.165, 1.54) is 11.3 Å². The highest BCUT2D eigenvalue weighted by molar-refractivity contribution is 7.07. The minimum Gasteiger partial charge on any atom is -0.463 e. The molecule has 3 heterocycles. The molecule has 2 aromatic carbocycles. The van der Waals surface area contributed by atoms with E-state index in [0.717, 1.165) is 49.7 Å². The van der Waals surface area contributed by atoms with Crippen LogP contribution < -0.4 is 4.80 Å². The lowest BCUT2D eigenvalue weighted by atomic mass is 10.1. The van der Waals surface area contributed by atoms with Crippen molar-refractivity contribution in [1.82, 2.24) is 9.66 Å². The Kier molecular flexibility index (Phi) is 4.69. The number of H-pyrrole nitrogens is 1. The number of rotatable bonds is 4. The summed E-state index contributed by atoms with van der Waals surface area (Å²) in [4.78, 5) is 9.08. The summed E-state index contributed by atoms with van der Waals surface area (Å²) in [5, 5.41) is 8.00. The van der Waals surface area contributed by atoms with Crippen LogP contribution >= 0.6 is 11.3 Å². The van der Waals surface area contributed by atoms with E-state index in [1.807, 2.05) is 58.7 Å². The van der Waals surface area contributed by atoms with Crippen LogP contribution in [-0.4, -0.2) is 15.9 Å². The molecule has 0 saturated carbocycles. The molecule has 30 heavy (non-hydrogen) atoms. The smallest absolute Gasteiger partial charge is 0.211 e. The van der Waals surface area contributed by atoms with Crippen molar-refractivity contribution in [3.8, 4) is 11.5 Å². The number of thiazole rings is 1. The number of nitrogens with zero attached hydrogens (tertiary/aromatic N) is 3. The number of benzene rings is 2. The molecule has 1 N–H and O–H groups in total. The molecule has 0 bridgehead atoms. The third kappa shape index (κ3) is 3.31. The minimum absolute atomic E-state index is 0.755. The molecule has 5 nitrogen and oxygen atoms in total. The topological polar surface area (TPSA) is 58.6 Å². The van der Waals surface area contributed by atoms with Gasteiger partial charge in [0.2, 0.25) is 4.80 Å². The Balaban J connectivity index is 1.68. The van der Waals surface area contributed by atoms with Gasteiger partial charge in [0.05, 0.1) is 18.2 Å². The predicted octanol–water partition coefficient (Wildman–Crippen LogP) is 6.02. The largest absolute Gasteiger partial charge is 0.463 e. The van der Waals surface area contributed by atoms with Crippen LogP contribution in [0.25, 0.3) is 22.4 Å². The van der Waals surface area contributed by atoms with Crippen LogP contribution in [0.4, 0.5) is 5.69 Å². The summed E-state index contributed by atoms with van der Waals surface area (Å²) in [5.74, 6) is 0.755. The van der Waals surface area contributed by atoms with Crippen LogP contribution in [0.3, 0.4) is 0 Å². The number of hydrogen-bond donors (Lipinski definition) is 1. The van der Waals surface area contributed by atoms with E-state index in [9.17, 15) is 0 Å². The molecule has 0 atom stereocenters. The van der Waals surface area contributed by atoms with Crippen LogP contribution in [0.2, 0.25) is 0 Å². The summed E-state index contributed by atoms with van der Waals surface area (Å²) < 4.78 is 7.49. The Morgan fingerprint density at radius 2 is 1.83 bits per heavy atom. The molecule has 3 aromatic heterocycles. The highest BCUT2D eigenvalue weighted by Crippen LogP contribution is 2.23. The molecule has 0 radical (unpaired) electrons. The fourth-order valence-electron chi connectivity index (χ4n) is 3.46. The van der Waals surface area contributed by atoms with Crippen LogP contribution in [0.1, 0.15) is 16.8 Å². The second kappa shape index (κ2) is 7.65. The first-order valence-electron chi connectivity index (χ1n) is 9.67. The number of aromatic amines is 1. The van der Waals surface area contributed by atoms with Crippen molar-refractivity contribution < 1.29 is 4.42 Å². The highest BCUT2D eigenvalue weighted by atomic mass is 32.1. The fraction of sp³-hybridized carbons (Fsp3) is 0.0833. The first kappa shape index (κ1) is 18.4. The van der Waals surface area contributed by atoms with Gasteiger partial charge < -0.3 is 9.40 Å². The monoisotopic (exact) mass is 412 g/mol. The molecule has 0 aliphatic carbocycles. The Bertz CT molecular complexity index is 1420. The minimum atomic E-state index is 0.755. The zero-order chi connectivity index (χ0) is 20.5. The number of aromatic nitrogens is 2. The van der Waals surface area contributed by atoms with Crippen LogP contribution in [-0.2, 0) is 0 Å². The van der Waals surface area contributed by atoms with Gasteiger partial charge in [0.1, 0.15) is 5.69 Å². The van der Waals surface area contributed by atoms with Crippen molar-refractivity contribution in [1.29, 1.82) is 0 Å². The number of para-hydroxylation sites is 2. The summed E-state index contributed by atoms with van der Waals surface area (Å²) in [6, 6.07) is 20.1. The van der Waals surface area contributed by atoms with Gasteiger partial charge in [-0.15, -0.1) is 11.3 Å². The van der Waals surface area contributed by atoms with Crippen molar-refractivity contribution in [3.05, 3.63) is 93.9 Å². The average molecular weight is 413 g/mol. The van der Waals surface area contributed by atoms with E-state index < -0.39 is 0 Å².